The first-order chi connectivity index (χ1) is 12.3. The van der Waals surface area contributed by atoms with E-state index in [-0.39, 0.29) is 24.7 Å². The second-order valence-electron chi connectivity index (χ2n) is 4.82. The van der Waals surface area contributed by atoms with E-state index in [4.69, 9.17) is 10.6 Å². The number of carbonyl (C=O) groups is 1. The van der Waals surface area contributed by atoms with Gasteiger partial charge in [0, 0.05) is 5.56 Å². The molecular weight excluding hydrogens is 355 g/mol. The number of aliphatic imine (C=N–C) groups is 1. The number of alkyl halides is 3. The van der Waals surface area contributed by atoms with Crippen molar-refractivity contribution in [3.8, 4) is 11.4 Å². The lowest BCUT2D eigenvalue weighted by Crippen LogP contribution is -2.20. The molecular formula is C15H14F3N5O3. The maximum absolute atomic E-state index is 12.5. The van der Waals surface area contributed by atoms with Crippen molar-refractivity contribution in [2.75, 3.05) is 6.61 Å². The lowest BCUT2D eigenvalue weighted by molar-refractivity contribution is -0.159. The number of benzene rings is 1. The minimum absolute atomic E-state index is 0.130. The highest BCUT2D eigenvalue weighted by atomic mass is 19.4. The van der Waals surface area contributed by atoms with Crippen LogP contribution in [0.25, 0.3) is 11.4 Å². The summed E-state index contributed by atoms with van der Waals surface area (Å²) in [6.07, 6.45) is -3.51. The molecule has 0 bridgehead atoms. The number of nitrogens with zero attached hydrogens (tertiary/aromatic N) is 4. The van der Waals surface area contributed by atoms with Gasteiger partial charge in [0.05, 0.1) is 19.4 Å². The molecule has 0 saturated carbocycles. The van der Waals surface area contributed by atoms with Gasteiger partial charge in [-0.3, -0.25) is 4.99 Å². The van der Waals surface area contributed by atoms with Crippen molar-refractivity contribution >= 4 is 17.9 Å². The Hall–Kier alpha value is -3.24. The van der Waals surface area contributed by atoms with Crippen LogP contribution in [0.3, 0.4) is 0 Å². The van der Waals surface area contributed by atoms with E-state index in [0.29, 0.717) is 5.56 Å². The van der Waals surface area contributed by atoms with E-state index in [1.807, 2.05) is 0 Å². The Kier molecular flexibility index (Phi) is 6.04. The summed E-state index contributed by atoms with van der Waals surface area (Å²) in [6, 6.07) is 6.30. The fraction of sp³-hybridized carbons (Fsp3) is 0.267. The third-order valence-electron chi connectivity index (χ3n) is 2.99. The smallest absolute Gasteiger partial charge is 0.461 e. The lowest BCUT2D eigenvalue weighted by Gasteiger charge is -2.00. The first-order valence-electron chi connectivity index (χ1n) is 7.30. The number of carbonyl (C=O) groups excluding carboxylic acids is 1. The number of nitrogens with two attached hydrogens (primary N) is 1. The first kappa shape index (κ1) is 19.1. The van der Waals surface area contributed by atoms with Gasteiger partial charge in [-0.1, -0.05) is 29.4 Å². The molecule has 2 rings (SSSR count). The Morgan fingerprint density at radius 2 is 2.04 bits per heavy atom. The van der Waals surface area contributed by atoms with E-state index >= 15 is 0 Å². The number of ether oxygens (including phenoxy) is 1. The van der Waals surface area contributed by atoms with Crippen molar-refractivity contribution in [2.45, 2.75) is 19.6 Å². The minimum atomic E-state index is -4.69. The van der Waals surface area contributed by atoms with Gasteiger partial charge in [0.2, 0.25) is 5.82 Å². The van der Waals surface area contributed by atoms with Gasteiger partial charge in [0.1, 0.15) is 0 Å². The third-order valence-corrected chi connectivity index (χ3v) is 2.99. The van der Waals surface area contributed by atoms with Gasteiger partial charge in [-0.25, -0.2) is 4.79 Å². The molecule has 0 fully saturated rings. The molecule has 26 heavy (non-hydrogen) atoms. The van der Waals surface area contributed by atoms with Gasteiger partial charge in [0.25, 0.3) is 0 Å². The van der Waals surface area contributed by atoms with E-state index in [2.05, 4.69) is 24.8 Å². The van der Waals surface area contributed by atoms with E-state index in [9.17, 15) is 18.0 Å². The number of hydrazone groups is 1. The van der Waals surface area contributed by atoms with Gasteiger partial charge >= 0.3 is 18.0 Å². The van der Waals surface area contributed by atoms with Gasteiger partial charge < -0.3 is 15.1 Å². The monoisotopic (exact) mass is 369 g/mol. The number of aromatic nitrogens is 2. The molecule has 0 aliphatic heterocycles. The molecule has 1 aromatic carbocycles. The fourth-order valence-electron chi connectivity index (χ4n) is 1.80. The highest BCUT2D eigenvalue weighted by molar-refractivity contribution is 6.59. The molecule has 11 heteroatoms. The summed E-state index contributed by atoms with van der Waals surface area (Å²) in [5.41, 5.74) is 0.951. The van der Waals surface area contributed by atoms with Gasteiger partial charge in [-0.15, -0.1) is 0 Å². The average molecular weight is 369 g/mol. The summed E-state index contributed by atoms with van der Waals surface area (Å²) in [6.45, 7) is 2.02. The SMILES string of the molecule is CCOC(=O)C(C=NCc1ccc(-c2noc(C(F)(F)F)n2)cc1)=NN. The Morgan fingerprint density at radius 1 is 1.35 bits per heavy atom. The van der Waals surface area contributed by atoms with Crippen LogP contribution in [-0.2, 0) is 22.3 Å². The molecule has 0 radical (unpaired) electrons. The summed E-state index contributed by atoms with van der Waals surface area (Å²) < 4.78 is 46.3. The number of hydrogen-bond donors (Lipinski definition) is 1. The zero-order valence-corrected chi connectivity index (χ0v) is 13.5. The molecule has 2 aromatic rings. The van der Waals surface area contributed by atoms with Crippen LogP contribution in [0, 0.1) is 0 Å². The normalized spacial score (nSPS) is 12.5. The zero-order valence-electron chi connectivity index (χ0n) is 13.5. The molecule has 0 aliphatic carbocycles. The van der Waals surface area contributed by atoms with Crippen LogP contribution >= 0.6 is 0 Å². The van der Waals surface area contributed by atoms with Crippen molar-refractivity contribution in [3.05, 3.63) is 35.7 Å². The third kappa shape index (κ3) is 4.88. The Bertz CT molecular complexity index is 813. The molecule has 0 atom stereocenters. The van der Waals surface area contributed by atoms with Gasteiger partial charge in [-0.05, 0) is 12.5 Å². The molecule has 0 amide bonds. The van der Waals surface area contributed by atoms with Crippen molar-refractivity contribution in [1.82, 2.24) is 10.1 Å². The zero-order chi connectivity index (χ0) is 19.2. The predicted octanol–water partition coefficient (Wildman–Crippen LogP) is 2.20. The summed E-state index contributed by atoms with van der Waals surface area (Å²) in [5.74, 6) is 2.82. The quantitative estimate of drug-likeness (QED) is 0.361. The Morgan fingerprint density at radius 3 is 2.58 bits per heavy atom. The number of rotatable bonds is 6. The summed E-state index contributed by atoms with van der Waals surface area (Å²) in [5, 5.41) is 6.59. The van der Waals surface area contributed by atoms with Crippen molar-refractivity contribution in [1.29, 1.82) is 0 Å². The molecule has 2 N–H and O–H groups in total. The van der Waals surface area contributed by atoms with Gasteiger partial charge in [-0.2, -0.15) is 23.3 Å². The largest absolute Gasteiger partial charge is 0.471 e. The van der Waals surface area contributed by atoms with Gasteiger partial charge in [0.15, 0.2) is 5.71 Å². The maximum atomic E-state index is 12.5. The molecule has 0 saturated heterocycles. The summed E-state index contributed by atoms with van der Waals surface area (Å²) >= 11 is 0. The molecule has 0 spiro atoms. The molecule has 8 nitrogen and oxygen atoms in total. The number of esters is 1. The Balaban J connectivity index is 2.02. The average Bonchev–Trinajstić information content (AvgIpc) is 3.10. The van der Waals surface area contributed by atoms with Crippen molar-refractivity contribution in [3.63, 3.8) is 0 Å². The first-order valence-corrected chi connectivity index (χ1v) is 7.30. The second kappa shape index (κ2) is 8.23. The minimum Gasteiger partial charge on any atom is -0.461 e. The maximum Gasteiger partial charge on any atom is 0.471 e. The topological polar surface area (TPSA) is 116 Å². The fourth-order valence-corrected chi connectivity index (χ4v) is 1.80. The highest BCUT2D eigenvalue weighted by Crippen LogP contribution is 2.29. The van der Waals surface area contributed by atoms with Crippen molar-refractivity contribution in [2.24, 2.45) is 15.9 Å². The van der Waals surface area contributed by atoms with Crippen LogP contribution < -0.4 is 5.84 Å². The van der Waals surface area contributed by atoms with Crippen LogP contribution in [-0.4, -0.2) is 34.6 Å². The second-order valence-corrected chi connectivity index (χ2v) is 4.82. The van der Waals surface area contributed by atoms with Crippen LogP contribution in [0.5, 0.6) is 0 Å². The molecule has 1 aromatic heterocycles. The van der Waals surface area contributed by atoms with E-state index in [0.717, 1.165) is 5.56 Å². The summed E-state index contributed by atoms with van der Waals surface area (Å²) in [7, 11) is 0. The van der Waals surface area contributed by atoms with Crippen molar-refractivity contribution < 1.29 is 27.2 Å². The molecule has 0 unspecified atom stereocenters. The van der Waals surface area contributed by atoms with Crippen LogP contribution in [0.1, 0.15) is 18.4 Å². The Labute approximate surface area is 145 Å². The molecule has 0 aliphatic rings. The molecule has 1 heterocycles. The van der Waals surface area contributed by atoms with E-state index < -0.39 is 18.0 Å². The van der Waals surface area contributed by atoms with E-state index in [1.165, 1.54) is 18.3 Å². The van der Waals surface area contributed by atoms with E-state index in [1.54, 1.807) is 19.1 Å². The van der Waals surface area contributed by atoms with Crippen LogP contribution in [0.15, 0.2) is 38.9 Å². The summed E-state index contributed by atoms with van der Waals surface area (Å²) in [4.78, 5) is 18.8. The molecule has 138 valence electrons. The predicted molar refractivity (Wildman–Crippen MR) is 85.2 cm³/mol. The number of halogens is 3. The standard InChI is InChI=1S/C15H14F3N5O3/c1-2-25-13(24)11(22-19)8-20-7-9-3-5-10(6-4-9)12-21-14(26-23-12)15(16,17)18/h3-6,8H,2,7,19H2,1H3. The van der Waals surface area contributed by atoms with Crippen LogP contribution in [0.2, 0.25) is 0 Å². The number of hydrogen-bond acceptors (Lipinski definition) is 8. The highest BCUT2D eigenvalue weighted by Gasteiger charge is 2.38. The lowest BCUT2D eigenvalue weighted by atomic mass is 10.1. The van der Waals surface area contributed by atoms with Crippen LogP contribution in [0.4, 0.5) is 13.2 Å².